The standard InChI is InChI=1S/C21H28N2O/c1-16(2)15-23-12-10-18(11-13-23)22-14-17-8-9-21(24-3)20-7-5-4-6-19(17)20/h4-9,18,22H,1,10-15H2,2-3H3. The molecule has 2 aromatic rings. The molecule has 0 radical (unpaired) electrons. The molecule has 1 saturated heterocycles. The van der Waals surface area contributed by atoms with Crippen LogP contribution in [0.4, 0.5) is 0 Å². The number of ether oxygens (including phenoxy) is 1. The molecule has 3 nitrogen and oxygen atoms in total. The van der Waals surface area contributed by atoms with E-state index in [4.69, 9.17) is 4.74 Å². The summed E-state index contributed by atoms with van der Waals surface area (Å²) in [6.45, 7) is 10.4. The van der Waals surface area contributed by atoms with Crippen LogP contribution in [-0.4, -0.2) is 37.7 Å². The molecular formula is C21H28N2O. The lowest BCUT2D eigenvalue weighted by atomic mass is 10.0. The maximum absolute atomic E-state index is 5.49. The van der Waals surface area contributed by atoms with Crippen molar-refractivity contribution in [3.05, 3.63) is 54.1 Å². The lowest BCUT2D eigenvalue weighted by molar-refractivity contribution is 0.211. The van der Waals surface area contributed by atoms with E-state index in [0.717, 1.165) is 31.9 Å². The number of hydrogen-bond acceptors (Lipinski definition) is 3. The number of fused-ring (bicyclic) bond motifs is 1. The van der Waals surface area contributed by atoms with Crippen molar-refractivity contribution in [1.82, 2.24) is 10.2 Å². The van der Waals surface area contributed by atoms with Crippen molar-refractivity contribution in [2.24, 2.45) is 0 Å². The van der Waals surface area contributed by atoms with Gasteiger partial charge in [0.05, 0.1) is 7.11 Å². The normalized spacial score (nSPS) is 16.4. The molecule has 0 atom stereocenters. The minimum absolute atomic E-state index is 0.604. The maximum atomic E-state index is 5.49. The number of nitrogens with zero attached hydrogens (tertiary/aromatic N) is 1. The molecule has 2 aromatic carbocycles. The maximum Gasteiger partial charge on any atom is 0.126 e. The van der Waals surface area contributed by atoms with Gasteiger partial charge in [0, 0.05) is 24.5 Å². The molecule has 1 N–H and O–H groups in total. The molecule has 24 heavy (non-hydrogen) atoms. The van der Waals surface area contributed by atoms with Gasteiger partial charge < -0.3 is 10.1 Å². The van der Waals surface area contributed by atoms with Gasteiger partial charge in [0.2, 0.25) is 0 Å². The van der Waals surface area contributed by atoms with E-state index < -0.39 is 0 Å². The van der Waals surface area contributed by atoms with Crippen molar-refractivity contribution < 1.29 is 4.74 Å². The van der Waals surface area contributed by atoms with Crippen LogP contribution < -0.4 is 10.1 Å². The van der Waals surface area contributed by atoms with Gasteiger partial charge in [-0.2, -0.15) is 0 Å². The molecule has 0 aromatic heterocycles. The highest BCUT2D eigenvalue weighted by atomic mass is 16.5. The van der Waals surface area contributed by atoms with Gasteiger partial charge in [0.15, 0.2) is 0 Å². The molecule has 1 aliphatic heterocycles. The lowest BCUT2D eigenvalue weighted by Crippen LogP contribution is -2.42. The van der Waals surface area contributed by atoms with Crippen molar-refractivity contribution in [3.8, 4) is 5.75 Å². The number of nitrogens with one attached hydrogen (secondary N) is 1. The van der Waals surface area contributed by atoms with Crippen molar-refractivity contribution in [2.75, 3.05) is 26.7 Å². The first-order valence-electron chi connectivity index (χ1n) is 8.82. The molecule has 0 unspecified atom stereocenters. The first kappa shape index (κ1) is 17.0. The Hall–Kier alpha value is -1.84. The second-order valence-corrected chi connectivity index (χ2v) is 6.86. The van der Waals surface area contributed by atoms with E-state index in [1.807, 2.05) is 0 Å². The molecule has 1 fully saturated rings. The summed E-state index contributed by atoms with van der Waals surface area (Å²) >= 11 is 0. The molecule has 1 heterocycles. The number of benzene rings is 2. The number of hydrogen-bond donors (Lipinski definition) is 1. The van der Waals surface area contributed by atoms with Gasteiger partial charge in [-0.3, -0.25) is 4.90 Å². The van der Waals surface area contributed by atoms with Gasteiger partial charge in [-0.05, 0) is 49.9 Å². The Morgan fingerprint density at radius 3 is 2.54 bits per heavy atom. The van der Waals surface area contributed by atoms with Crippen LogP contribution in [0.1, 0.15) is 25.3 Å². The van der Waals surface area contributed by atoms with E-state index in [1.54, 1.807) is 7.11 Å². The SMILES string of the molecule is C=C(C)CN1CCC(NCc2ccc(OC)c3ccccc23)CC1. The summed E-state index contributed by atoms with van der Waals surface area (Å²) in [7, 11) is 1.73. The van der Waals surface area contributed by atoms with Gasteiger partial charge in [0.1, 0.15) is 5.75 Å². The summed E-state index contributed by atoms with van der Waals surface area (Å²) in [6.07, 6.45) is 2.42. The average molecular weight is 324 g/mol. The van der Waals surface area contributed by atoms with E-state index in [-0.39, 0.29) is 0 Å². The van der Waals surface area contributed by atoms with Crippen LogP contribution in [0.25, 0.3) is 10.8 Å². The highest BCUT2D eigenvalue weighted by Crippen LogP contribution is 2.28. The van der Waals surface area contributed by atoms with Gasteiger partial charge in [-0.1, -0.05) is 42.5 Å². The summed E-state index contributed by atoms with van der Waals surface area (Å²) in [5.41, 5.74) is 2.60. The van der Waals surface area contributed by atoms with Crippen LogP contribution in [0.5, 0.6) is 5.75 Å². The fourth-order valence-corrected chi connectivity index (χ4v) is 3.60. The summed E-state index contributed by atoms with van der Waals surface area (Å²) in [5.74, 6) is 0.947. The summed E-state index contributed by atoms with van der Waals surface area (Å²) in [5, 5.41) is 6.22. The van der Waals surface area contributed by atoms with Crippen molar-refractivity contribution in [2.45, 2.75) is 32.4 Å². The quantitative estimate of drug-likeness (QED) is 0.814. The van der Waals surface area contributed by atoms with Crippen LogP contribution in [0.15, 0.2) is 48.6 Å². The van der Waals surface area contributed by atoms with Gasteiger partial charge >= 0.3 is 0 Å². The third kappa shape index (κ3) is 3.97. The topological polar surface area (TPSA) is 24.5 Å². The first-order valence-corrected chi connectivity index (χ1v) is 8.82. The van der Waals surface area contributed by atoms with Crippen LogP contribution >= 0.6 is 0 Å². The highest BCUT2D eigenvalue weighted by molar-refractivity contribution is 5.91. The first-order chi connectivity index (χ1) is 11.7. The number of likely N-dealkylation sites (tertiary alicyclic amines) is 1. The molecule has 3 rings (SSSR count). The van der Waals surface area contributed by atoms with Gasteiger partial charge in [0.25, 0.3) is 0 Å². The summed E-state index contributed by atoms with van der Waals surface area (Å²) in [4.78, 5) is 2.50. The van der Waals surface area contributed by atoms with Crippen molar-refractivity contribution in [3.63, 3.8) is 0 Å². The van der Waals surface area contributed by atoms with Crippen LogP contribution in [0, 0.1) is 0 Å². The van der Waals surface area contributed by atoms with Gasteiger partial charge in [-0.15, -0.1) is 0 Å². The number of methoxy groups -OCH3 is 1. The molecule has 0 aliphatic carbocycles. The van der Waals surface area contributed by atoms with Gasteiger partial charge in [-0.25, -0.2) is 0 Å². The Bertz CT molecular complexity index is 702. The Morgan fingerprint density at radius 1 is 1.17 bits per heavy atom. The van der Waals surface area contributed by atoms with E-state index in [2.05, 4.69) is 60.1 Å². The van der Waals surface area contributed by atoms with E-state index in [9.17, 15) is 0 Å². The van der Waals surface area contributed by atoms with E-state index in [1.165, 1.54) is 34.8 Å². The molecule has 128 valence electrons. The Labute approximate surface area is 145 Å². The predicted octanol–water partition coefficient (Wildman–Crippen LogP) is 3.98. The molecule has 1 aliphatic rings. The Morgan fingerprint density at radius 2 is 1.88 bits per heavy atom. The zero-order valence-electron chi connectivity index (χ0n) is 14.8. The van der Waals surface area contributed by atoms with Crippen LogP contribution in [0.2, 0.25) is 0 Å². The molecule has 0 spiro atoms. The summed E-state index contributed by atoms with van der Waals surface area (Å²) in [6, 6.07) is 13.4. The van der Waals surface area contributed by atoms with E-state index >= 15 is 0 Å². The summed E-state index contributed by atoms with van der Waals surface area (Å²) < 4.78 is 5.49. The third-order valence-corrected chi connectivity index (χ3v) is 4.86. The molecule has 0 amide bonds. The number of rotatable bonds is 6. The zero-order chi connectivity index (χ0) is 16.9. The highest BCUT2D eigenvalue weighted by Gasteiger charge is 2.18. The lowest BCUT2D eigenvalue weighted by Gasteiger charge is -2.32. The van der Waals surface area contributed by atoms with Crippen molar-refractivity contribution >= 4 is 10.8 Å². The largest absolute Gasteiger partial charge is 0.496 e. The monoisotopic (exact) mass is 324 g/mol. The van der Waals surface area contributed by atoms with Crippen molar-refractivity contribution in [1.29, 1.82) is 0 Å². The Kier molecular flexibility index (Phi) is 5.54. The molecule has 0 bridgehead atoms. The zero-order valence-corrected chi connectivity index (χ0v) is 14.8. The molecule has 0 saturated carbocycles. The minimum Gasteiger partial charge on any atom is -0.496 e. The minimum atomic E-state index is 0.604. The molecule has 3 heteroatoms. The fourth-order valence-electron chi connectivity index (χ4n) is 3.60. The number of piperidine rings is 1. The van der Waals surface area contributed by atoms with Crippen LogP contribution in [0.3, 0.4) is 0 Å². The second kappa shape index (κ2) is 7.82. The molecular weight excluding hydrogens is 296 g/mol. The average Bonchev–Trinajstić information content (AvgIpc) is 2.60. The fraction of sp³-hybridized carbons (Fsp3) is 0.429. The van der Waals surface area contributed by atoms with E-state index in [0.29, 0.717) is 6.04 Å². The third-order valence-electron chi connectivity index (χ3n) is 4.86. The second-order valence-electron chi connectivity index (χ2n) is 6.86. The Balaban J connectivity index is 1.62. The smallest absolute Gasteiger partial charge is 0.126 e. The van der Waals surface area contributed by atoms with Crippen LogP contribution in [-0.2, 0) is 6.54 Å². The predicted molar refractivity (Wildman–Crippen MR) is 102 cm³/mol.